The molecule has 0 saturated carbocycles. The molecule has 1 unspecified atom stereocenters. The third kappa shape index (κ3) is 5.49. The first-order valence-corrected chi connectivity index (χ1v) is 7.53. The Balaban J connectivity index is 0.00000264. The van der Waals surface area contributed by atoms with Crippen LogP contribution < -0.4 is 5.32 Å². The maximum atomic E-state index is 11.9. The Morgan fingerprint density at radius 1 is 1.30 bits per heavy atom. The number of nitrogens with zero attached hydrogens (tertiary/aromatic N) is 1. The molecule has 1 aromatic rings. The second-order valence-electron chi connectivity index (χ2n) is 5.47. The van der Waals surface area contributed by atoms with Crippen LogP contribution >= 0.6 is 12.4 Å². The molecule has 7 heteroatoms. The molecule has 0 aromatic heterocycles. The summed E-state index contributed by atoms with van der Waals surface area (Å²) in [7, 11) is 0. The Kier molecular flexibility index (Phi) is 8.02. The van der Waals surface area contributed by atoms with Crippen molar-refractivity contribution < 1.29 is 19.8 Å². The number of aliphatic hydroxyl groups excluding tert-OH is 1. The summed E-state index contributed by atoms with van der Waals surface area (Å²) < 4.78 is 0. The third-order valence-corrected chi connectivity index (χ3v) is 3.93. The average Bonchev–Trinajstić information content (AvgIpc) is 2.93. The summed E-state index contributed by atoms with van der Waals surface area (Å²) in [6.45, 7) is 0.456. The Hall–Kier alpha value is -1.63. The minimum atomic E-state index is -1.05. The molecule has 0 radical (unpaired) electrons. The van der Waals surface area contributed by atoms with Crippen LogP contribution in [0.25, 0.3) is 0 Å². The van der Waals surface area contributed by atoms with Gasteiger partial charge in [0.1, 0.15) is 6.54 Å². The van der Waals surface area contributed by atoms with Gasteiger partial charge in [-0.3, -0.25) is 14.5 Å². The molecule has 0 spiro atoms. The minimum absolute atomic E-state index is 0. The highest BCUT2D eigenvalue weighted by Gasteiger charge is 2.28. The van der Waals surface area contributed by atoms with E-state index in [0.717, 1.165) is 12.8 Å². The molecular weight excluding hydrogens is 320 g/mol. The van der Waals surface area contributed by atoms with Crippen LogP contribution in [0.5, 0.6) is 0 Å². The van der Waals surface area contributed by atoms with Gasteiger partial charge < -0.3 is 15.5 Å². The SMILES string of the molecule is Cl.O=C(O)CNC(=O)CN(CCCO)C1CCc2ccccc21. The second kappa shape index (κ2) is 9.50. The van der Waals surface area contributed by atoms with E-state index >= 15 is 0 Å². The number of amides is 1. The number of aryl methyl sites for hydroxylation is 1. The predicted octanol–water partition coefficient (Wildman–Crippen LogP) is 0.981. The van der Waals surface area contributed by atoms with Crippen molar-refractivity contribution in [1.82, 2.24) is 10.2 Å². The number of hydrogen-bond acceptors (Lipinski definition) is 4. The zero-order valence-electron chi connectivity index (χ0n) is 12.9. The fourth-order valence-electron chi connectivity index (χ4n) is 2.95. The first-order chi connectivity index (χ1) is 10.6. The summed E-state index contributed by atoms with van der Waals surface area (Å²) in [4.78, 5) is 24.5. The molecule has 0 bridgehead atoms. The minimum Gasteiger partial charge on any atom is -0.480 e. The fraction of sp³-hybridized carbons (Fsp3) is 0.500. The van der Waals surface area contributed by atoms with E-state index in [-0.39, 0.29) is 44.1 Å². The maximum absolute atomic E-state index is 11.9. The van der Waals surface area contributed by atoms with E-state index in [0.29, 0.717) is 13.0 Å². The smallest absolute Gasteiger partial charge is 0.322 e. The molecule has 1 aliphatic carbocycles. The lowest BCUT2D eigenvalue weighted by atomic mass is 10.1. The lowest BCUT2D eigenvalue weighted by Crippen LogP contribution is -2.41. The van der Waals surface area contributed by atoms with Crippen LogP contribution in [0.15, 0.2) is 24.3 Å². The number of hydrogen-bond donors (Lipinski definition) is 3. The molecule has 23 heavy (non-hydrogen) atoms. The van der Waals surface area contributed by atoms with E-state index in [2.05, 4.69) is 17.4 Å². The van der Waals surface area contributed by atoms with Crippen LogP contribution in [-0.2, 0) is 16.0 Å². The zero-order chi connectivity index (χ0) is 15.9. The van der Waals surface area contributed by atoms with E-state index < -0.39 is 5.97 Å². The molecule has 1 amide bonds. The summed E-state index contributed by atoms with van der Waals surface area (Å²) in [6, 6.07) is 8.33. The van der Waals surface area contributed by atoms with Crippen molar-refractivity contribution in [3.63, 3.8) is 0 Å². The van der Waals surface area contributed by atoms with Crippen LogP contribution in [0.2, 0.25) is 0 Å². The van der Waals surface area contributed by atoms with Crippen LogP contribution in [0, 0.1) is 0 Å². The zero-order valence-corrected chi connectivity index (χ0v) is 13.7. The lowest BCUT2D eigenvalue weighted by molar-refractivity contribution is -0.138. The molecule has 0 heterocycles. The molecule has 1 atom stereocenters. The van der Waals surface area contributed by atoms with Gasteiger partial charge in [-0.15, -0.1) is 12.4 Å². The predicted molar refractivity (Wildman–Crippen MR) is 88.7 cm³/mol. The standard InChI is InChI=1S/C16H22N2O4.ClH/c19-9-3-8-18(11-15(20)17-10-16(21)22)14-7-6-12-4-1-2-5-13(12)14;/h1-2,4-5,14,19H,3,6-11H2,(H,17,20)(H,21,22);1H. The molecule has 0 saturated heterocycles. The van der Waals surface area contributed by atoms with Gasteiger partial charge in [0.25, 0.3) is 0 Å². The molecule has 3 N–H and O–H groups in total. The molecule has 0 aliphatic heterocycles. The van der Waals surface area contributed by atoms with Crippen LogP contribution in [0.3, 0.4) is 0 Å². The number of carbonyl (C=O) groups excluding carboxylic acids is 1. The Bertz CT molecular complexity index is 539. The molecule has 128 valence electrons. The maximum Gasteiger partial charge on any atom is 0.322 e. The van der Waals surface area contributed by atoms with Crippen LogP contribution in [0.1, 0.15) is 30.0 Å². The summed E-state index contributed by atoms with van der Waals surface area (Å²) in [6.07, 6.45) is 2.51. The highest BCUT2D eigenvalue weighted by atomic mass is 35.5. The number of fused-ring (bicyclic) bond motifs is 1. The van der Waals surface area contributed by atoms with Crippen molar-refractivity contribution in [2.24, 2.45) is 0 Å². The Morgan fingerprint density at radius 2 is 2.04 bits per heavy atom. The largest absolute Gasteiger partial charge is 0.480 e. The summed E-state index contributed by atoms with van der Waals surface area (Å²) >= 11 is 0. The van der Waals surface area contributed by atoms with Crippen molar-refractivity contribution in [3.05, 3.63) is 35.4 Å². The number of aliphatic carboxylic acids is 1. The van der Waals surface area contributed by atoms with Crippen molar-refractivity contribution in [3.8, 4) is 0 Å². The monoisotopic (exact) mass is 342 g/mol. The van der Waals surface area contributed by atoms with Crippen molar-refractivity contribution in [2.45, 2.75) is 25.3 Å². The first-order valence-electron chi connectivity index (χ1n) is 7.53. The van der Waals surface area contributed by atoms with Gasteiger partial charge in [0.2, 0.25) is 5.91 Å². The number of benzene rings is 1. The molecule has 1 aliphatic rings. The first kappa shape index (κ1) is 19.4. The summed E-state index contributed by atoms with van der Waals surface area (Å²) in [5.74, 6) is -1.36. The number of nitrogens with one attached hydrogen (secondary N) is 1. The fourth-order valence-corrected chi connectivity index (χ4v) is 2.95. The molecular formula is C16H23ClN2O4. The number of carboxylic acid groups (broad SMARTS) is 1. The van der Waals surface area contributed by atoms with Gasteiger partial charge >= 0.3 is 5.97 Å². The van der Waals surface area contributed by atoms with E-state index in [1.807, 2.05) is 17.0 Å². The van der Waals surface area contributed by atoms with Gasteiger partial charge in [-0.1, -0.05) is 24.3 Å². The van der Waals surface area contributed by atoms with E-state index in [9.17, 15) is 9.59 Å². The van der Waals surface area contributed by atoms with Crippen LogP contribution in [0.4, 0.5) is 0 Å². The highest BCUT2D eigenvalue weighted by molar-refractivity contribution is 5.85. The van der Waals surface area contributed by atoms with E-state index in [1.165, 1.54) is 11.1 Å². The summed E-state index contributed by atoms with van der Waals surface area (Å²) in [5.41, 5.74) is 2.53. The van der Waals surface area contributed by atoms with Crippen molar-refractivity contribution in [2.75, 3.05) is 26.2 Å². The van der Waals surface area contributed by atoms with E-state index in [1.54, 1.807) is 0 Å². The van der Waals surface area contributed by atoms with Gasteiger partial charge in [-0.25, -0.2) is 0 Å². The molecule has 0 fully saturated rings. The van der Waals surface area contributed by atoms with Gasteiger partial charge in [0.15, 0.2) is 0 Å². The number of carbonyl (C=O) groups is 2. The van der Waals surface area contributed by atoms with Crippen molar-refractivity contribution >= 4 is 24.3 Å². The molecule has 6 nitrogen and oxygen atoms in total. The van der Waals surface area contributed by atoms with Gasteiger partial charge in [-0.05, 0) is 30.4 Å². The van der Waals surface area contributed by atoms with E-state index in [4.69, 9.17) is 10.2 Å². The lowest BCUT2D eigenvalue weighted by Gasteiger charge is -2.28. The summed E-state index contributed by atoms with van der Waals surface area (Å²) in [5, 5.41) is 20.1. The van der Waals surface area contributed by atoms with Gasteiger partial charge in [0, 0.05) is 19.2 Å². The third-order valence-electron chi connectivity index (χ3n) is 3.93. The Labute approximate surface area is 141 Å². The van der Waals surface area contributed by atoms with Crippen molar-refractivity contribution in [1.29, 1.82) is 0 Å². The quantitative estimate of drug-likeness (QED) is 0.655. The normalized spacial score (nSPS) is 15.8. The number of carboxylic acids is 1. The molecule has 1 aromatic carbocycles. The van der Waals surface area contributed by atoms with Crippen LogP contribution in [-0.4, -0.2) is 53.2 Å². The highest BCUT2D eigenvalue weighted by Crippen LogP contribution is 2.35. The Morgan fingerprint density at radius 3 is 2.74 bits per heavy atom. The van der Waals surface area contributed by atoms with Gasteiger partial charge in [-0.2, -0.15) is 0 Å². The number of halogens is 1. The number of aliphatic hydroxyl groups is 1. The average molecular weight is 343 g/mol. The molecule has 2 rings (SSSR count). The second-order valence-corrected chi connectivity index (χ2v) is 5.47. The van der Waals surface area contributed by atoms with Gasteiger partial charge in [0.05, 0.1) is 6.54 Å². The number of rotatable bonds is 8. The topological polar surface area (TPSA) is 89.9 Å².